The predicted molar refractivity (Wildman–Crippen MR) is 126 cm³/mol. The van der Waals surface area contributed by atoms with E-state index in [0.717, 1.165) is 5.56 Å². The lowest BCUT2D eigenvalue weighted by molar-refractivity contribution is -0.118. The maximum Gasteiger partial charge on any atom is 0.266 e. The molecule has 0 aliphatic heterocycles. The lowest BCUT2D eigenvalue weighted by Crippen LogP contribution is -2.32. The van der Waals surface area contributed by atoms with Gasteiger partial charge in [0.15, 0.2) is 0 Å². The molecular formula is C23H26N4O5S. The largest absolute Gasteiger partial charge is 0.497 e. The number of ether oxygens (including phenoxy) is 1. The van der Waals surface area contributed by atoms with Crippen molar-refractivity contribution < 1.29 is 17.9 Å². The fourth-order valence-corrected chi connectivity index (χ4v) is 3.92. The molecule has 0 radical (unpaired) electrons. The summed E-state index contributed by atoms with van der Waals surface area (Å²) in [5.41, 5.74) is 1.56. The lowest BCUT2D eigenvalue weighted by atomic mass is 10.1. The third kappa shape index (κ3) is 6.27. The van der Waals surface area contributed by atoms with Gasteiger partial charge in [0.1, 0.15) is 5.75 Å². The second-order valence-electron chi connectivity index (χ2n) is 7.57. The summed E-state index contributed by atoms with van der Waals surface area (Å²) in [5, 5.41) is 7.04. The third-order valence-corrected chi connectivity index (χ3v) is 6.30. The number of methoxy groups -OCH3 is 1. The number of aromatic nitrogens is 2. The number of sulfonamides is 1. The van der Waals surface area contributed by atoms with Gasteiger partial charge in [0.25, 0.3) is 5.56 Å². The first-order valence-corrected chi connectivity index (χ1v) is 11.8. The molecule has 3 rings (SSSR count). The van der Waals surface area contributed by atoms with E-state index in [-0.39, 0.29) is 35.4 Å². The Labute approximate surface area is 192 Å². The first-order chi connectivity index (χ1) is 15.7. The minimum atomic E-state index is -3.79. The molecule has 174 valence electrons. The zero-order chi connectivity index (χ0) is 24.0. The number of carbonyl (C=O) groups is 1. The molecule has 0 spiro atoms. The molecule has 1 amide bonds. The molecule has 0 bridgehead atoms. The molecule has 0 saturated carbocycles. The Balaban J connectivity index is 1.65. The Morgan fingerprint density at radius 2 is 1.70 bits per heavy atom. The summed E-state index contributed by atoms with van der Waals surface area (Å²) >= 11 is 0. The second-order valence-corrected chi connectivity index (χ2v) is 9.34. The van der Waals surface area contributed by atoms with Crippen LogP contribution in [0.1, 0.15) is 13.8 Å². The van der Waals surface area contributed by atoms with Crippen LogP contribution in [0.5, 0.6) is 5.75 Å². The van der Waals surface area contributed by atoms with Gasteiger partial charge in [0.2, 0.25) is 15.9 Å². The van der Waals surface area contributed by atoms with E-state index in [1.165, 1.54) is 35.0 Å². The second kappa shape index (κ2) is 10.4. The van der Waals surface area contributed by atoms with Gasteiger partial charge in [-0.15, -0.1) is 0 Å². The van der Waals surface area contributed by atoms with E-state index >= 15 is 0 Å². The number of nitrogens with zero attached hydrogens (tertiary/aromatic N) is 2. The number of benzene rings is 2. The number of nitrogens with one attached hydrogen (secondary N) is 2. The average Bonchev–Trinajstić information content (AvgIpc) is 2.80. The van der Waals surface area contributed by atoms with Crippen molar-refractivity contribution >= 4 is 21.6 Å². The fourth-order valence-electron chi connectivity index (χ4n) is 2.90. The molecule has 3 aromatic rings. The summed E-state index contributed by atoms with van der Waals surface area (Å²) < 4.78 is 34.0. The highest BCUT2D eigenvalue weighted by molar-refractivity contribution is 7.89. The number of anilines is 1. The van der Waals surface area contributed by atoms with Crippen LogP contribution in [0.3, 0.4) is 0 Å². The van der Waals surface area contributed by atoms with Gasteiger partial charge >= 0.3 is 0 Å². The Morgan fingerprint density at radius 1 is 1.03 bits per heavy atom. The number of hydrogen-bond acceptors (Lipinski definition) is 6. The van der Waals surface area contributed by atoms with Crippen molar-refractivity contribution in [1.82, 2.24) is 14.5 Å². The number of rotatable bonds is 9. The molecule has 0 saturated heterocycles. The Bertz CT molecular complexity index is 1270. The van der Waals surface area contributed by atoms with E-state index in [0.29, 0.717) is 17.1 Å². The summed E-state index contributed by atoms with van der Waals surface area (Å²) in [5.74, 6) is 0.366. The topological polar surface area (TPSA) is 119 Å². The number of amides is 1. The van der Waals surface area contributed by atoms with Crippen LogP contribution in [-0.2, 0) is 21.4 Å². The van der Waals surface area contributed by atoms with Gasteiger partial charge in [0.05, 0.1) is 24.2 Å². The number of carbonyl (C=O) groups excluding carboxylic acids is 1. The van der Waals surface area contributed by atoms with E-state index in [4.69, 9.17) is 4.74 Å². The summed E-state index contributed by atoms with van der Waals surface area (Å²) in [6.45, 7) is 3.58. The zero-order valence-corrected chi connectivity index (χ0v) is 19.4. The first-order valence-electron chi connectivity index (χ1n) is 10.3. The summed E-state index contributed by atoms with van der Waals surface area (Å²) in [6.07, 6.45) is 0. The van der Waals surface area contributed by atoms with Gasteiger partial charge in [-0.25, -0.2) is 17.8 Å². The molecule has 1 heterocycles. The van der Waals surface area contributed by atoms with Crippen LogP contribution in [0.15, 0.2) is 70.4 Å². The van der Waals surface area contributed by atoms with E-state index < -0.39 is 10.0 Å². The van der Waals surface area contributed by atoms with Crippen molar-refractivity contribution in [3.05, 3.63) is 71.0 Å². The van der Waals surface area contributed by atoms with E-state index in [1.807, 2.05) is 12.1 Å². The highest BCUT2D eigenvalue weighted by Crippen LogP contribution is 2.19. The molecule has 33 heavy (non-hydrogen) atoms. The first kappa shape index (κ1) is 24.1. The van der Waals surface area contributed by atoms with Crippen molar-refractivity contribution in [2.75, 3.05) is 19.0 Å². The molecule has 1 aromatic heterocycles. The van der Waals surface area contributed by atoms with E-state index in [9.17, 15) is 18.0 Å². The van der Waals surface area contributed by atoms with Gasteiger partial charge in [-0.2, -0.15) is 5.10 Å². The van der Waals surface area contributed by atoms with Crippen LogP contribution < -0.4 is 20.3 Å². The minimum Gasteiger partial charge on any atom is -0.497 e. The monoisotopic (exact) mass is 470 g/mol. The van der Waals surface area contributed by atoms with Gasteiger partial charge in [-0.3, -0.25) is 9.59 Å². The van der Waals surface area contributed by atoms with Crippen LogP contribution in [0.25, 0.3) is 11.3 Å². The molecule has 0 fully saturated rings. The number of hydrogen-bond donors (Lipinski definition) is 2. The summed E-state index contributed by atoms with van der Waals surface area (Å²) in [6, 6.07) is 16.1. The predicted octanol–water partition coefficient (Wildman–Crippen LogP) is 2.49. The van der Waals surface area contributed by atoms with Gasteiger partial charge in [-0.05, 0) is 54.6 Å². The van der Waals surface area contributed by atoms with Crippen LogP contribution in [0.2, 0.25) is 0 Å². The Morgan fingerprint density at radius 3 is 2.30 bits per heavy atom. The Hall–Kier alpha value is -3.50. The Kier molecular flexibility index (Phi) is 7.62. The van der Waals surface area contributed by atoms with Gasteiger partial charge in [-0.1, -0.05) is 13.8 Å². The highest BCUT2D eigenvalue weighted by atomic mass is 32.2. The summed E-state index contributed by atoms with van der Waals surface area (Å²) in [7, 11) is -2.22. The van der Waals surface area contributed by atoms with Crippen LogP contribution in [0.4, 0.5) is 5.69 Å². The average molecular weight is 471 g/mol. The smallest absolute Gasteiger partial charge is 0.266 e. The van der Waals surface area contributed by atoms with Crippen LogP contribution in [0, 0.1) is 5.92 Å². The van der Waals surface area contributed by atoms with Gasteiger partial charge < -0.3 is 10.1 Å². The molecular weight excluding hydrogens is 444 g/mol. The SMILES string of the molecule is COc1ccc(-c2ccc(=O)n(CCNS(=O)(=O)c3ccc(NC(=O)C(C)C)cc3)n2)cc1. The molecule has 9 nitrogen and oxygen atoms in total. The standard InChI is InChI=1S/C23H26N4O5S/c1-16(2)23(29)25-18-6-10-20(11-7-18)33(30,31)24-14-15-27-22(28)13-12-21(26-27)17-4-8-19(32-3)9-5-17/h4-13,16,24H,14-15H2,1-3H3,(H,25,29). The van der Waals surface area contributed by atoms with Crippen LogP contribution in [-0.4, -0.2) is 37.8 Å². The van der Waals surface area contributed by atoms with E-state index in [2.05, 4.69) is 15.1 Å². The maximum atomic E-state index is 12.6. The fraction of sp³-hybridized carbons (Fsp3) is 0.261. The van der Waals surface area contributed by atoms with Crippen molar-refractivity contribution in [2.24, 2.45) is 5.92 Å². The van der Waals surface area contributed by atoms with Crippen molar-refractivity contribution in [3.8, 4) is 17.0 Å². The zero-order valence-electron chi connectivity index (χ0n) is 18.6. The van der Waals surface area contributed by atoms with E-state index in [1.54, 1.807) is 39.2 Å². The molecule has 0 unspecified atom stereocenters. The summed E-state index contributed by atoms with van der Waals surface area (Å²) in [4.78, 5) is 24.0. The van der Waals surface area contributed by atoms with Crippen molar-refractivity contribution in [3.63, 3.8) is 0 Å². The molecule has 2 N–H and O–H groups in total. The van der Waals surface area contributed by atoms with Crippen LogP contribution >= 0.6 is 0 Å². The highest BCUT2D eigenvalue weighted by Gasteiger charge is 2.15. The molecule has 0 aliphatic rings. The minimum absolute atomic E-state index is 0.0207. The molecule has 0 aliphatic carbocycles. The quantitative estimate of drug-likeness (QED) is 0.496. The normalized spacial score (nSPS) is 11.4. The third-order valence-electron chi connectivity index (χ3n) is 4.82. The molecule has 0 atom stereocenters. The van der Waals surface area contributed by atoms with Gasteiger partial charge in [0, 0.05) is 29.8 Å². The molecule has 2 aromatic carbocycles. The molecule has 10 heteroatoms. The van der Waals surface area contributed by atoms with Crippen molar-refractivity contribution in [1.29, 1.82) is 0 Å². The maximum absolute atomic E-state index is 12.6. The van der Waals surface area contributed by atoms with Crippen molar-refractivity contribution in [2.45, 2.75) is 25.3 Å². The lowest BCUT2D eigenvalue weighted by Gasteiger charge is -2.11.